The molecular formula is C15H15N2O3+. The van der Waals surface area contributed by atoms with Crippen molar-refractivity contribution in [1.82, 2.24) is 0 Å². The van der Waals surface area contributed by atoms with Crippen LogP contribution in [0.15, 0.2) is 59.2 Å². The molecule has 0 spiro atoms. The Morgan fingerprint density at radius 2 is 1.95 bits per heavy atom. The number of anilines is 1. The second-order valence-corrected chi connectivity index (χ2v) is 4.65. The minimum atomic E-state index is 0.0257. The molecule has 0 amide bonds. The number of benzene rings is 1. The highest BCUT2D eigenvalue weighted by Crippen LogP contribution is 2.32. The standard InChI is InChI=1S/C15H14N2O3/c1-20-11-6-7-13-12(8-11)15(18)14(17(13)19)9-2-4-10(16)5-3-9/h2-5,7-8,16,18-19H,6H2,1H3/p+1. The molecule has 1 aliphatic heterocycles. The summed E-state index contributed by atoms with van der Waals surface area (Å²) in [5.74, 6) is 0.764. The van der Waals surface area contributed by atoms with Crippen molar-refractivity contribution < 1.29 is 19.8 Å². The number of nitrogens with two attached hydrogens (primary N) is 1. The van der Waals surface area contributed by atoms with Crippen LogP contribution < -0.4 is 5.73 Å². The van der Waals surface area contributed by atoms with Gasteiger partial charge in [-0.15, -0.1) is 0 Å². The van der Waals surface area contributed by atoms with Gasteiger partial charge in [-0.3, -0.25) is 5.21 Å². The normalized spacial score (nSPS) is 17.9. The summed E-state index contributed by atoms with van der Waals surface area (Å²) < 4.78 is 6.18. The minimum absolute atomic E-state index is 0.0257. The van der Waals surface area contributed by atoms with Gasteiger partial charge in [-0.2, -0.15) is 0 Å². The molecule has 102 valence electrons. The maximum atomic E-state index is 10.4. The zero-order valence-corrected chi connectivity index (χ0v) is 11.0. The van der Waals surface area contributed by atoms with Crippen LogP contribution in [0.1, 0.15) is 12.0 Å². The first-order chi connectivity index (χ1) is 9.61. The van der Waals surface area contributed by atoms with E-state index in [2.05, 4.69) is 0 Å². The highest BCUT2D eigenvalue weighted by molar-refractivity contribution is 6.10. The number of aliphatic hydroxyl groups excluding tert-OH is 1. The minimum Gasteiger partial charge on any atom is -0.502 e. The van der Waals surface area contributed by atoms with Crippen molar-refractivity contribution in [3.05, 3.63) is 64.8 Å². The number of rotatable bonds is 2. The third kappa shape index (κ3) is 1.75. The summed E-state index contributed by atoms with van der Waals surface area (Å²) in [7, 11) is 1.58. The number of hydroxylamine groups is 1. The Balaban J connectivity index is 2.12. The number of methoxy groups -OCH3 is 1. The summed E-state index contributed by atoms with van der Waals surface area (Å²) in [5.41, 5.74) is 8.44. The third-order valence-corrected chi connectivity index (χ3v) is 3.44. The number of fused-ring (bicyclic) bond motifs is 1. The fourth-order valence-electron chi connectivity index (χ4n) is 2.38. The van der Waals surface area contributed by atoms with Gasteiger partial charge >= 0.3 is 5.71 Å². The lowest BCUT2D eigenvalue weighted by atomic mass is 10.0. The fourth-order valence-corrected chi connectivity index (χ4v) is 2.38. The van der Waals surface area contributed by atoms with Gasteiger partial charge in [0.1, 0.15) is 11.3 Å². The number of allylic oxidation sites excluding steroid dienone is 3. The van der Waals surface area contributed by atoms with Crippen LogP contribution in [-0.4, -0.2) is 27.9 Å². The number of ether oxygens (including phenoxy) is 1. The highest BCUT2D eigenvalue weighted by atomic mass is 16.5. The second-order valence-electron chi connectivity index (χ2n) is 4.65. The molecule has 20 heavy (non-hydrogen) atoms. The summed E-state index contributed by atoms with van der Waals surface area (Å²) >= 11 is 0. The zero-order valence-electron chi connectivity index (χ0n) is 11.0. The van der Waals surface area contributed by atoms with Crippen LogP contribution in [0.2, 0.25) is 0 Å². The van der Waals surface area contributed by atoms with Gasteiger partial charge in [-0.1, -0.05) is 0 Å². The predicted octanol–water partition coefficient (Wildman–Crippen LogP) is 2.10. The van der Waals surface area contributed by atoms with Crippen molar-refractivity contribution in [3.8, 4) is 0 Å². The molecule has 1 aromatic carbocycles. The molecule has 5 nitrogen and oxygen atoms in total. The summed E-state index contributed by atoms with van der Waals surface area (Å²) in [6, 6.07) is 6.95. The molecule has 4 N–H and O–H groups in total. The van der Waals surface area contributed by atoms with Crippen molar-refractivity contribution >= 4 is 11.4 Å². The second kappa shape index (κ2) is 4.45. The van der Waals surface area contributed by atoms with Crippen LogP contribution >= 0.6 is 0 Å². The monoisotopic (exact) mass is 271 g/mol. The van der Waals surface area contributed by atoms with E-state index in [1.165, 1.54) is 0 Å². The molecule has 1 aromatic rings. The number of hydrogen-bond acceptors (Lipinski definition) is 4. The molecule has 0 radical (unpaired) electrons. The molecule has 0 bridgehead atoms. The van der Waals surface area contributed by atoms with E-state index in [0.717, 1.165) is 10.5 Å². The molecule has 0 aromatic heterocycles. The van der Waals surface area contributed by atoms with Crippen LogP contribution in [-0.2, 0) is 4.74 Å². The van der Waals surface area contributed by atoms with Gasteiger partial charge < -0.3 is 15.6 Å². The van der Waals surface area contributed by atoms with Crippen LogP contribution in [0.4, 0.5) is 5.69 Å². The van der Waals surface area contributed by atoms with Gasteiger partial charge in [0.15, 0.2) is 0 Å². The zero-order chi connectivity index (χ0) is 14.3. The Morgan fingerprint density at radius 3 is 2.60 bits per heavy atom. The maximum Gasteiger partial charge on any atom is 0.307 e. The van der Waals surface area contributed by atoms with Gasteiger partial charge in [0.2, 0.25) is 5.76 Å². The quantitative estimate of drug-likeness (QED) is 0.437. The van der Waals surface area contributed by atoms with Gasteiger partial charge in [0.05, 0.1) is 12.7 Å². The lowest BCUT2D eigenvalue weighted by Crippen LogP contribution is -2.14. The van der Waals surface area contributed by atoms with Gasteiger partial charge in [0, 0.05) is 22.9 Å². The molecule has 0 fully saturated rings. The number of aliphatic hydroxyl groups is 1. The Morgan fingerprint density at radius 1 is 1.25 bits per heavy atom. The number of nitrogen functional groups attached to an aromatic ring is 1. The largest absolute Gasteiger partial charge is 0.502 e. The first-order valence-corrected chi connectivity index (χ1v) is 6.22. The molecule has 0 saturated carbocycles. The first kappa shape index (κ1) is 12.3. The molecule has 0 unspecified atom stereocenters. The highest BCUT2D eigenvalue weighted by Gasteiger charge is 2.40. The average Bonchev–Trinajstić information content (AvgIpc) is 2.72. The van der Waals surface area contributed by atoms with E-state index < -0.39 is 0 Å². The fraction of sp³-hybridized carbons (Fsp3) is 0.133. The Kier molecular flexibility index (Phi) is 2.75. The van der Waals surface area contributed by atoms with Crippen LogP contribution in [0, 0.1) is 0 Å². The molecule has 5 heteroatoms. The topological polar surface area (TPSA) is 78.7 Å². The van der Waals surface area contributed by atoms with Crippen LogP contribution in [0.3, 0.4) is 0 Å². The van der Waals surface area contributed by atoms with Crippen molar-refractivity contribution in [2.24, 2.45) is 0 Å². The predicted molar refractivity (Wildman–Crippen MR) is 74.5 cm³/mol. The van der Waals surface area contributed by atoms with E-state index in [0.29, 0.717) is 34.7 Å². The summed E-state index contributed by atoms with van der Waals surface area (Å²) in [5, 5.41) is 20.6. The van der Waals surface area contributed by atoms with Gasteiger partial charge in [-0.25, -0.2) is 0 Å². The van der Waals surface area contributed by atoms with Crippen molar-refractivity contribution in [2.75, 3.05) is 12.8 Å². The van der Waals surface area contributed by atoms with Gasteiger partial charge in [0.25, 0.3) is 5.70 Å². The third-order valence-electron chi connectivity index (χ3n) is 3.44. The van der Waals surface area contributed by atoms with Crippen molar-refractivity contribution in [3.63, 3.8) is 0 Å². The van der Waals surface area contributed by atoms with E-state index in [4.69, 9.17) is 10.5 Å². The number of hydrogen-bond donors (Lipinski definition) is 3. The smallest absolute Gasteiger partial charge is 0.307 e. The first-order valence-electron chi connectivity index (χ1n) is 6.22. The van der Waals surface area contributed by atoms with E-state index in [9.17, 15) is 10.3 Å². The SMILES string of the molecule is COC1=CC2=C(O)C(c3ccc(N)cc3)=[N+](O)C2=CC1. The molecule has 1 aliphatic carbocycles. The Hall–Kier alpha value is -2.69. The van der Waals surface area contributed by atoms with Crippen molar-refractivity contribution in [1.29, 1.82) is 0 Å². The van der Waals surface area contributed by atoms with E-state index in [-0.39, 0.29) is 5.76 Å². The number of nitrogens with zero attached hydrogens (tertiary/aromatic N) is 1. The van der Waals surface area contributed by atoms with E-state index in [1.807, 2.05) is 6.08 Å². The van der Waals surface area contributed by atoms with E-state index >= 15 is 0 Å². The van der Waals surface area contributed by atoms with E-state index in [1.54, 1.807) is 37.5 Å². The Bertz CT molecular complexity index is 694. The summed E-state index contributed by atoms with van der Waals surface area (Å²) in [6.07, 6.45) is 4.13. The molecular weight excluding hydrogens is 256 g/mol. The molecule has 2 aliphatic rings. The summed E-state index contributed by atoms with van der Waals surface area (Å²) in [6.45, 7) is 0. The molecule has 3 rings (SSSR count). The molecule has 1 heterocycles. The van der Waals surface area contributed by atoms with Gasteiger partial charge in [-0.05, 0) is 30.3 Å². The van der Waals surface area contributed by atoms with Crippen LogP contribution in [0.5, 0.6) is 0 Å². The maximum absolute atomic E-state index is 10.4. The molecule has 0 saturated heterocycles. The van der Waals surface area contributed by atoms with Crippen LogP contribution in [0.25, 0.3) is 0 Å². The Labute approximate surface area is 116 Å². The molecule has 0 atom stereocenters. The summed E-state index contributed by atoms with van der Waals surface area (Å²) in [4.78, 5) is 0. The lowest BCUT2D eigenvalue weighted by molar-refractivity contribution is -0.733. The lowest BCUT2D eigenvalue weighted by Gasteiger charge is -2.07. The van der Waals surface area contributed by atoms with Crippen molar-refractivity contribution in [2.45, 2.75) is 6.42 Å². The average molecular weight is 271 g/mol.